The summed E-state index contributed by atoms with van der Waals surface area (Å²) in [5.74, 6) is -0.509. The van der Waals surface area contributed by atoms with Gasteiger partial charge in [-0.1, -0.05) is 0 Å². The molecule has 1 aliphatic rings. The van der Waals surface area contributed by atoms with Crippen LogP contribution in [-0.4, -0.2) is 49.7 Å². The summed E-state index contributed by atoms with van der Waals surface area (Å²) in [6.45, 7) is 2.23. The van der Waals surface area contributed by atoms with E-state index in [-0.39, 0.29) is 12.8 Å². The van der Waals surface area contributed by atoms with Crippen molar-refractivity contribution in [2.75, 3.05) is 26.8 Å². The lowest BCUT2D eigenvalue weighted by atomic mass is 10.1. The minimum absolute atomic E-state index is 0.0736. The summed E-state index contributed by atoms with van der Waals surface area (Å²) in [5.41, 5.74) is 5.01. The Hall–Kier alpha value is -1.83. The zero-order valence-electron chi connectivity index (χ0n) is 10.9. The fourth-order valence-corrected chi connectivity index (χ4v) is 1.58. The highest BCUT2D eigenvalue weighted by Gasteiger charge is 2.15. The van der Waals surface area contributed by atoms with Crippen molar-refractivity contribution in [2.45, 2.75) is 19.3 Å². The number of guanidine groups is 1. The van der Waals surface area contributed by atoms with Crippen LogP contribution < -0.4 is 16.2 Å². The lowest BCUT2D eigenvalue weighted by Crippen LogP contribution is -2.49. The first kappa shape index (κ1) is 15.2. The van der Waals surface area contributed by atoms with Crippen LogP contribution in [0.3, 0.4) is 0 Å². The van der Waals surface area contributed by atoms with E-state index in [2.05, 4.69) is 21.2 Å². The topological polar surface area (TPSA) is 112 Å². The quantitative estimate of drug-likeness (QED) is 0.293. The molecule has 0 aromatic heterocycles. The van der Waals surface area contributed by atoms with Crippen LogP contribution in [0.25, 0.3) is 0 Å². The van der Waals surface area contributed by atoms with E-state index < -0.39 is 11.9 Å². The van der Waals surface area contributed by atoms with E-state index in [1.807, 2.05) is 0 Å². The molecule has 1 saturated heterocycles. The molecule has 1 unspecified atom stereocenters. The van der Waals surface area contributed by atoms with Crippen LogP contribution in [-0.2, 0) is 14.3 Å². The number of hydrogen-bond acceptors (Lipinski definition) is 4. The second-order valence-corrected chi connectivity index (χ2v) is 4.25. The maximum atomic E-state index is 11.3. The zero-order valence-corrected chi connectivity index (χ0v) is 10.9. The lowest BCUT2D eigenvalue weighted by Gasteiger charge is -2.14. The molecule has 0 aliphatic carbocycles. The van der Waals surface area contributed by atoms with Crippen molar-refractivity contribution in [3.05, 3.63) is 0 Å². The standard InChI is InChI=1S/C11H20N4O4/c1-12-11(13-6-8-4-5-19-7-8)15-14-9(16)2-3-10(17)18/h8H,2-7H2,1H3,(H,14,16)(H,17,18)(H2,12,13,15). The maximum absolute atomic E-state index is 11.3. The molecule has 0 bridgehead atoms. The molecule has 8 nitrogen and oxygen atoms in total. The minimum Gasteiger partial charge on any atom is -0.481 e. The number of nitrogens with one attached hydrogen (secondary N) is 3. The molecule has 0 aromatic carbocycles. The highest BCUT2D eigenvalue weighted by atomic mass is 16.5. The van der Waals surface area contributed by atoms with E-state index >= 15 is 0 Å². The van der Waals surface area contributed by atoms with E-state index in [1.165, 1.54) is 0 Å². The molecular weight excluding hydrogens is 252 g/mol. The van der Waals surface area contributed by atoms with Crippen molar-refractivity contribution in [3.63, 3.8) is 0 Å². The molecule has 0 spiro atoms. The van der Waals surface area contributed by atoms with Crippen LogP contribution in [0, 0.1) is 5.92 Å². The maximum Gasteiger partial charge on any atom is 0.303 e. The van der Waals surface area contributed by atoms with Crippen molar-refractivity contribution in [2.24, 2.45) is 10.9 Å². The summed E-state index contributed by atoms with van der Waals surface area (Å²) >= 11 is 0. The number of hydrogen-bond donors (Lipinski definition) is 4. The van der Waals surface area contributed by atoms with Gasteiger partial charge in [0.25, 0.3) is 0 Å². The van der Waals surface area contributed by atoms with Crippen molar-refractivity contribution in [1.82, 2.24) is 16.2 Å². The number of carbonyl (C=O) groups is 2. The van der Waals surface area contributed by atoms with Crippen LogP contribution in [0.2, 0.25) is 0 Å². The number of nitrogens with zero attached hydrogens (tertiary/aromatic N) is 1. The number of carboxylic acids is 1. The number of carbonyl (C=O) groups excluding carboxylic acids is 1. The predicted molar refractivity (Wildman–Crippen MR) is 68.4 cm³/mol. The predicted octanol–water partition coefficient (Wildman–Crippen LogP) is -0.916. The molecule has 1 rings (SSSR count). The summed E-state index contributed by atoms with van der Waals surface area (Å²) < 4.78 is 5.25. The van der Waals surface area contributed by atoms with Gasteiger partial charge in [0.1, 0.15) is 0 Å². The summed E-state index contributed by atoms with van der Waals surface area (Å²) in [6, 6.07) is 0. The molecule has 0 radical (unpaired) electrons. The van der Waals surface area contributed by atoms with Gasteiger partial charge in [0.05, 0.1) is 13.0 Å². The van der Waals surface area contributed by atoms with E-state index in [0.29, 0.717) is 18.4 Å². The molecule has 0 saturated carbocycles. The average Bonchev–Trinajstić information content (AvgIpc) is 2.89. The van der Waals surface area contributed by atoms with Gasteiger partial charge >= 0.3 is 5.97 Å². The largest absolute Gasteiger partial charge is 0.481 e. The molecule has 1 aliphatic heterocycles. The molecule has 1 fully saturated rings. The number of ether oxygens (including phenoxy) is 1. The smallest absolute Gasteiger partial charge is 0.303 e. The van der Waals surface area contributed by atoms with Gasteiger partial charge in [0, 0.05) is 32.5 Å². The summed E-state index contributed by atoms with van der Waals surface area (Å²) in [7, 11) is 1.59. The molecule has 1 amide bonds. The van der Waals surface area contributed by atoms with Crippen molar-refractivity contribution in [1.29, 1.82) is 0 Å². The van der Waals surface area contributed by atoms with Gasteiger partial charge in [0.15, 0.2) is 0 Å². The Morgan fingerprint density at radius 3 is 2.74 bits per heavy atom. The third kappa shape index (κ3) is 6.61. The van der Waals surface area contributed by atoms with Gasteiger partial charge in [0.2, 0.25) is 11.9 Å². The van der Waals surface area contributed by atoms with Crippen LogP contribution in [0.1, 0.15) is 19.3 Å². The Kier molecular flexibility index (Phi) is 6.65. The summed E-state index contributed by atoms with van der Waals surface area (Å²) in [5, 5.41) is 11.5. The number of hydrazine groups is 1. The third-order valence-corrected chi connectivity index (χ3v) is 2.69. The van der Waals surface area contributed by atoms with Gasteiger partial charge in [-0.3, -0.25) is 25.4 Å². The van der Waals surface area contributed by atoms with Crippen molar-refractivity contribution in [3.8, 4) is 0 Å². The van der Waals surface area contributed by atoms with Gasteiger partial charge in [-0.25, -0.2) is 0 Å². The number of rotatable bonds is 5. The molecule has 4 N–H and O–H groups in total. The molecule has 19 heavy (non-hydrogen) atoms. The molecule has 8 heteroatoms. The zero-order chi connectivity index (χ0) is 14.1. The Labute approximate surface area is 111 Å². The fourth-order valence-electron chi connectivity index (χ4n) is 1.58. The second-order valence-electron chi connectivity index (χ2n) is 4.25. The second kappa shape index (κ2) is 8.30. The molecular formula is C11H20N4O4. The number of amides is 1. The summed E-state index contributed by atoms with van der Waals surface area (Å²) in [4.78, 5) is 25.5. The first-order valence-electron chi connectivity index (χ1n) is 6.17. The van der Waals surface area contributed by atoms with E-state index in [9.17, 15) is 9.59 Å². The Morgan fingerprint density at radius 1 is 1.37 bits per heavy atom. The Morgan fingerprint density at radius 2 is 2.16 bits per heavy atom. The van der Waals surface area contributed by atoms with Crippen LogP contribution in [0.15, 0.2) is 4.99 Å². The van der Waals surface area contributed by atoms with E-state index in [0.717, 1.165) is 19.6 Å². The van der Waals surface area contributed by atoms with Gasteiger partial charge in [-0.2, -0.15) is 0 Å². The average molecular weight is 272 g/mol. The first-order valence-corrected chi connectivity index (χ1v) is 6.17. The summed E-state index contributed by atoms with van der Waals surface area (Å²) in [6.07, 6.45) is 0.740. The molecule has 0 aromatic rings. The van der Waals surface area contributed by atoms with E-state index in [4.69, 9.17) is 9.84 Å². The number of aliphatic carboxylic acids is 1. The van der Waals surface area contributed by atoms with Gasteiger partial charge < -0.3 is 15.2 Å². The molecule has 108 valence electrons. The lowest BCUT2D eigenvalue weighted by molar-refractivity contribution is -0.138. The highest BCUT2D eigenvalue weighted by Crippen LogP contribution is 2.10. The van der Waals surface area contributed by atoms with Crippen LogP contribution in [0.4, 0.5) is 0 Å². The third-order valence-electron chi connectivity index (χ3n) is 2.69. The minimum atomic E-state index is -1.00. The highest BCUT2D eigenvalue weighted by molar-refractivity contribution is 5.85. The molecule has 1 atom stereocenters. The monoisotopic (exact) mass is 272 g/mol. The van der Waals surface area contributed by atoms with E-state index in [1.54, 1.807) is 7.05 Å². The Balaban J connectivity index is 2.17. The van der Waals surface area contributed by atoms with Crippen molar-refractivity contribution >= 4 is 17.8 Å². The van der Waals surface area contributed by atoms with Crippen molar-refractivity contribution < 1.29 is 19.4 Å². The fraction of sp³-hybridized carbons (Fsp3) is 0.727. The normalized spacial score (nSPS) is 19.0. The van der Waals surface area contributed by atoms with Gasteiger partial charge in [-0.15, -0.1) is 0 Å². The van der Waals surface area contributed by atoms with Gasteiger partial charge in [-0.05, 0) is 6.42 Å². The van der Waals surface area contributed by atoms with Crippen LogP contribution >= 0.6 is 0 Å². The Bertz CT molecular complexity index is 340. The van der Waals surface area contributed by atoms with Crippen LogP contribution in [0.5, 0.6) is 0 Å². The number of carboxylic acid groups (broad SMARTS) is 1. The SMILES string of the molecule is CN=C(NCC1CCOC1)NNC(=O)CCC(=O)O. The first-order chi connectivity index (χ1) is 9.11. The molecule has 1 heterocycles. The number of aliphatic imine (C=N–C) groups is 1.